The molecule has 2 aromatic rings. The maximum atomic E-state index is 13.0. The maximum absolute atomic E-state index is 13.0. The third-order valence-electron chi connectivity index (χ3n) is 2.41. The van der Waals surface area contributed by atoms with E-state index in [4.69, 9.17) is 0 Å². The molecule has 1 heterocycles. The zero-order chi connectivity index (χ0) is 13.0. The highest BCUT2D eigenvalue weighted by molar-refractivity contribution is 5.28. The third kappa shape index (κ3) is 3.49. The fourth-order valence-corrected chi connectivity index (χ4v) is 1.67. The van der Waals surface area contributed by atoms with Crippen LogP contribution >= 0.6 is 0 Å². The van der Waals surface area contributed by atoms with Crippen molar-refractivity contribution in [3.63, 3.8) is 0 Å². The Bertz CT molecular complexity index is 525. The van der Waals surface area contributed by atoms with E-state index in [0.717, 1.165) is 17.6 Å². The van der Waals surface area contributed by atoms with Crippen molar-refractivity contribution in [2.75, 3.05) is 0 Å². The molecule has 0 bridgehead atoms. The second kappa shape index (κ2) is 5.55. The number of phenols is 1. The number of hydrogen-bond acceptors (Lipinski definition) is 4. The van der Waals surface area contributed by atoms with Gasteiger partial charge in [-0.2, -0.15) is 0 Å². The number of rotatable bonds is 4. The van der Waals surface area contributed by atoms with E-state index in [9.17, 15) is 9.50 Å². The molecule has 2 rings (SSSR count). The summed E-state index contributed by atoms with van der Waals surface area (Å²) < 4.78 is 13.0. The van der Waals surface area contributed by atoms with Crippen LogP contribution in [0.15, 0.2) is 30.5 Å². The van der Waals surface area contributed by atoms with Crippen LogP contribution in [-0.2, 0) is 13.1 Å². The summed E-state index contributed by atoms with van der Waals surface area (Å²) >= 11 is 0. The molecule has 94 valence electrons. The van der Waals surface area contributed by atoms with Gasteiger partial charge in [-0.05, 0) is 30.7 Å². The van der Waals surface area contributed by atoms with Gasteiger partial charge >= 0.3 is 0 Å². The summed E-state index contributed by atoms with van der Waals surface area (Å²) in [5.74, 6) is 0.215. The van der Waals surface area contributed by atoms with E-state index in [1.165, 1.54) is 12.1 Å². The molecule has 0 saturated heterocycles. The lowest BCUT2D eigenvalue weighted by atomic mass is 10.2. The molecule has 0 fully saturated rings. The van der Waals surface area contributed by atoms with Crippen molar-refractivity contribution in [3.05, 3.63) is 53.4 Å². The normalized spacial score (nSPS) is 10.6. The number of aromatic hydroxyl groups is 1. The van der Waals surface area contributed by atoms with Crippen LogP contribution in [-0.4, -0.2) is 15.1 Å². The lowest BCUT2D eigenvalue weighted by molar-refractivity contribution is 0.467. The number of nitrogens with zero attached hydrogens (tertiary/aromatic N) is 2. The lowest BCUT2D eigenvalue weighted by Gasteiger charge is -2.05. The first-order valence-corrected chi connectivity index (χ1v) is 5.61. The lowest BCUT2D eigenvalue weighted by Crippen LogP contribution is -2.14. The predicted molar refractivity (Wildman–Crippen MR) is 65.4 cm³/mol. The van der Waals surface area contributed by atoms with Crippen LogP contribution in [0, 0.1) is 12.7 Å². The monoisotopic (exact) mass is 247 g/mol. The van der Waals surface area contributed by atoms with Crippen molar-refractivity contribution in [1.29, 1.82) is 0 Å². The Balaban J connectivity index is 1.92. The van der Waals surface area contributed by atoms with Crippen molar-refractivity contribution in [2.24, 2.45) is 0 Å². The van der Waals surface area contributed by atoms with Crippen molar-refractivity contribution in [2.45, 2.75) is 20.0 Å². The van der Waals surface area contributed by atoms with Crippen molar-refractivity contribution < 1.29 is 9.50 Å². The Morgan fingerprint density at radius 3 is 2.83 bits per heavy atom. The van der Waals surface area contributed by atoms with Crippen LogP contribution in [0.25, 0.3) is 0 Å². The Morgan fingerprint density at radius 2 is 2.11 bits per heavy atom. The Hall–Kier alpha value is -2.01. The minimum absolute atomic E-state index is 0.0651. The Kier molecular flexibility index (Phi) is 3.84. The molecule has 0 amide bonds. The van der Waals surface area contributed by atoms with Crippen molar-refractivity contribution >= 4 is 0 Å². The summed E-state index contributed by atoms with van der Waals surface area (Å²) in [7, 11) is 0. The van der Waals surface area contributed by atoms with Crippen LogP contribution in [0.4, 0.5) is 4.39 Å². The number of halogens is 1. The quantitative estimate of drug-likeness (QED) is 0.866. The van der Waals surface area contributed by atoms with Gasteiger partial charge in [0.05, 0.1) is 5.69 Å². The predicted octanol–water partition coefficient (Wildman–Crippen LogP) is 1.92. The average Bonchev–Trinajstić information content (AvgIpc) is 2.27. The molecular weight excluding hydrogens is 233 g/mol. The molecule has 0 aliphatic rings. The zero-order valence-corrected chi connectivity index (χ0v) is 10.0. The SMILES string of the molecule is Cc1nccc(CNCc2cc(O)cc(F)c2)n1. The largest absolute Gasteiger partial charge is 0.508 e. The van der Waals surface area contributed by atoms with Crippen LogP contribution in [0.1, 0.15) is 17.1 Å². The molecule has 1 aromatic carbocycles. The van der Waals surface area contributed by atoms with E-state index >= 15 is 0 Å². The van der Waals surface area contributed by atoms with Gasteiger partial charge in [-0.1, -0.05) is 0 Å². The minimum Gasteiger partial charge on any atom is -0.508 e. The molecule has 0 spiro atoms. The van der Waals surface area contributed by atoms with Gasteiger partial charge in [-0.25, -0.2) is 14.4 Å². The van der Waals surface area contributed by atoms with E-state index in [-0.39, 0.29) is 5.75 Å². The second-order valence-electron chi connectivity index (χ2n) is 4.02. The van der Waals surface area contributed by atoms with Crippen LogP contribution < -0.4 is 5.32 Å². The van der Waals surface area contributed by atoms with Gasteiger partial charge in [0, 0.05) is 25.4 Å². The van der Waals surface area contributed by atoms with Crippen molar-refractivity contribution in [1.82, 2.24) is 15.3 Å². The number of aryl methyl sites for hydroxylation is 1. The van der Waals surface area contributed by atoms with E-state index in [1.807, 2.05) is 13.0 Å². The molecule has 18 heavy (non-hydrogen) atoms. The first-order valence-electron chi connectivity index (χ1n) is 5.61. The molecule has 0 aliphatic heterocycles. The summed E-state index contributed by atoms with van der Waals surface area (Å²) in [5, 5.41) is 12.4. The van der Waals surface area contributed by atoms with Gasteiger partial charge < -0.3 is 10.4 Å². The second-order valence-corrected chi connectivity index (χ2v) is 4.02. The number of hydrogen-bond donors (Lipinski definition) is 2. The van der Waals surface area contributed by atoms with Crippen LogP contribution in [0.5, 0.6) is 5.75 Å². The van der Waals surface area contributed by atoms with E-state index < -0.39 is 5.82 Å². The molecule has 0 radical (unpaired) electrons. The van der Waals surface area contributed by atoms with E-state index in [0.29, 0.717) is 18.7 Å². The zero-order valence-electron chi connectivity index (χ0n) is 10.0. The van der Waals surface area contributed by atoms with Gasteiger partial charge in [0.15, 0.2) is 0 Å². The standard InChI is InChI=1S/C13H14FN3O/c1-9-16-3-2-12(17-9)8-15-7-10-4-11(14)6-13(18)5-10/h2-6,15,18H,7-8H2,1H3. The summed E-state index contributed by atoms with van der Waals surface area (Å²) in [6.45, 7) is 2.86. The van der Waals surface area contributed by atoms with Crippen molar-refractivity contribution in [3.8, 4) is 5.75 Å². The number of benzene rings is 1. The van der Waals surface area contributed by atoms with Crippen LogP contribution in [0.2, 0.25) is 0 Å². The minimum atomic E-state index is -0.440. The molecule has 5 heteroatoms. The summed E-state index contributed by atoms with van der Waals surface area (Å²) in [6, 6.07) is 5.82. The number of phenolic OH excluding ortho intramolecular Hbond substituents is 1. The highest BCUT2D eigenvalue weighted by Crippen LogP contribution is 2.14. The van der Waals surface area contributed by atoms with Gasteiger partial charge in [-0.3, -0.25) is 0 Å². The molecular formula is C13H14FN3O. The fourth-order valence-electron chi connectivity index (χ4n) is 1.67. The molecule has 4 nitrogen and oxygen atoms in total. The Morgan fingerprint density at radius 1 is 1.28 bits per heavy atom. The average molecular weight is 247 g/mol. The molecule has 2 N–H and O–H groups in total. The topological polar surface area (TPSA) is 58.0 Å². The molecule has 0 aliphatic carbocycles. The summed E-state index contributed by atoms with van der Waals surface area (Å²) in [5.41, 5.74) is 1.57. The highest BCUT2D eigenvalue weighted by atomic mass is 19.1. The first-order chi connectivity index (χ1) is 8.63. The molecule has 0 saturated carbocycles. The van der Waals surface area contributed by atoms with Gasteiger partial charge in [0.25, 0.3) is 0 Å². The molecule has 1 aromatic heterocycles. The fraction of sp³-hybridized carbons (Fsp3) is 0.231. The third-order valence-corrected chi connectivity index (χ3v) is 2.41. The summed E-state index contributed by atoms with van der Waals surface area (Å²) in [4.78, 5) is 8.25. The van der Waals surface area contributed by atoms with Gasteiger partial charge in [-0.15, -0.1) is 0 Å². The maximum Gasteiger partial charge on any atom is 0.127 e. The van der Waals surface area contributed by atoms with Gasteiger partial charge in [0.1, 0.15) is 17.4 Å². The van der Waals surface area contributed by atoms with Gasteiger partial charge in [0.2, 0.25) is 0 Å². The number of aromatic nitrogens is 2. The van der Waals surface area contributed by atoms with E-state index in [1.54, 1.807) is 6.20 Å². The molecule has 0 atom stereocenters. The first kappa shape index (κ1) is 12.4. The highest BCUT2D eigenvalue weighted by Gasteiger charge is 2.00. The smallest absolute Gasteiger partial charge is 0.127 e. The number of nitrogens with one attached hydrogen (secondary N) is 1. The Labute approximate surface area is 105 Å². The van der Waals surface area contributed by atoms with E-state index in [2.05, 4.69) is 15.3 Å². The molecule has 0 unspecified atom stereocenters. The van der Waals surface area contributed by atoms with Crippen LogP contribution in [0.3, 0.4) is 0 Å². The summed E-state index contributed by atoms with van der Waals surface area (Å²) in [6.07, 6.45) is 1.70.